The van der Waals surface area contributed by atoms with Gasteiger partial charge in [-0.25, -0.2) is 8.42 Å². The maximum absolute atomic E-state index is 11.2. The lowest BCUT2D eigenvalue weighted by molar-refractivity contribution is 0.425. The molecule has 1 aliphatic carbocycles. The van der Waals surface area contributed by atoms with Gasteiger partial charge in [0, 0.05) is 0 Å². The van der Waals surface area contributed by atoms with Crippen molar-refractivity contribution in [3.8, 4) is 0 Å². The molecule has 0 heterocycles. The molecule has 1 aliphatic rings. The molecule has 1 saturated carbocycles. The molecule has 1 N–H and O–H groups in total. The fraction of sp³-hybridized carbons (Fsp3) is 1.00. The van der Waals surface area contributed by atoms with Crippen LogP contribution in [0, 0.1) is 0 Å². The van der Waals surface area contributed by atoms with Crippen LogP contribution in [0.5, 0.6) is 0 Å². The molecule has 0 aromatic heterocycles. The van der Waals surface area contributed by atoms with Crippen molar-refractivity contribution in [2.45, 2.75) is 18.1 Å². The highest BCUT2D eigenvalue weighted by atomic mass is 32.2. The zero-order chi connectivity index (χ0) is 6.20. The van der Waals surface area contributed by atoms with Gasteiger partial charge in [-0.1, -0.05) is 4.94 Å². The number of nitrogens with one attached hydrogen (secondary N) is 1. The lowest BCUT2D eigenvalue weighted by atomic mass is 11.0. The van der Waals surface area contributed by atoms with E-state index in [-0.39, 0.29) is 0 Å². The van der Waals surface area contributed by atoms with Crippen molar-refractivity contribution >= 4 is 10.0 Å². The molecule has 0 atom stereocenters. The summed E-state index contributed by atoms with van der Waals surface area (Å²) in [6.07, 6.45) is 1.19. The molecule has 0 saturated heterocycles. The van der Waals surface area contributed by atoms with Gasteiger partial charge < -0.3 is 0 Å². The third kappa shape index (κ3) is 0.976. The van der Waals surface area contributed by atoms with Gasteiger partial charge in [0.25, 0.3) is 0 Å². The van der Waals surface area contributed by atoms with E-state index in [2.05, 4.69) is 0 Å². The summed E-state index contributed by atoms with van der Waals surface area (Å²) in [6.45, 7) is 0. The molecule has 0 spiro atoms. The Morgan fingerprint density at radius 3 is 2.12 bits per heavy atom. The van der Waals surface area contributed by atoms with Crippen molar-refractivity contribution in [3.63, 3.8) is 0 Å². The van der Waals surface area contributed by atoms with Crippen molar-refractivity contribution in [1.82, 2.24) is 4.94 Å². The minimum Gasteiger partial charge on any atom is -0.210 e. The van der Waals surface area contributed by atoms with Crippen LogP contribution in [0.2, 0.25) is 0 Å². The van der Waals surface area contributed by atoms with E-state index < -0.39 is 15.3 Å². The summed E-state index contributed by atoms with van der Waals surface area (Å²) < 4.78 is 31.8. The Kier molecular flexibility index (Phi) is 1.24. The van der Waals surface area contributed by atoms with Crippen LogP contribution >= 0.6 is 0 Å². The Labute approximate surface area is 46.9 Å². The topological polar surface area (TPSA) is 46.2 Å². The second-order valence-corrected chi connectivity index (χ2v) is 3.73. The number of hydrogen-bond donors (Lipinski definition) is 1. The minimum absolute atomic E-state index is 0.451. The van der Waals surface area contributed by atoms with E-state index in [0.717, 1.165) is 4.94 Å². The molecular weight excluding hydrogens is 133 g/mol. The van der Waals surface area contributed by atoms with Crippen LogP contribution in [0.25, 0.3) is 0 Å². The van der Waals surface area contributed by atoms with E-state index in [1.54, 1.807) is 0 Å². The quantitative estimate of drug-likeness (QED) is 0.545. The molecule has 1 rings (SSSR count). The molecule has 48 valence electrons. The molecule has 0 aliphatic heterocycles. The second kappa shape index (κ2) is 1.66. The Hall–Kier alpha value is -0.160. The highest BCUT2D eigenvalue weighted by Gasteiger charge is 2.35. The van der Waals surface area contributed by atoms with E-state index in [0.29, 0.717) is 12.8 Å². The summed E-state index contributed by atoms with van der Waals surface area (Å²) in [5, 5.41) is -0.451. The SMILES string of the molecule is O=S(=O)(NF)C1CC1. The average molecular weight is 139 g/mol. The van der Waals surface area contributed by atoms with Crippen LogP contribution in [0.1, 0.15) is 12.8 Å². The molecule has 0 aromatic rings. The second-order valence-electron chi connectivity index (χ2n) is 1.82. The van der Waals surface area contributed by atoms with Crippen LogP contribution < -0.4 is 4.94 Å². The van der Waals surface area contributed by atoms with Crippen molar-refractivity contribution in [2.75, 3.05) is 0 Å². The first-order chi connectivity index (χ1) is 3.67. The molecule has 3 nitrogen and oxygen atoms in total. The van der Waals surface area contributed by atoms with E-state index in [9.17, 15) is 12.9 Å². The average Bonchev–Trinajstić information content (AvgIpc) is 2.44. The Morgan fingerprint density at radius 2 is 2.00 bits per heavy atom. The Bertz CT molecular complexity index is 172. The summed E-state index contributed by atoms with van der Waals surface area (Å²) in [6, 6.07) is 0. The van der Waals surface area contributed by atoms with Crippen LogP contribution in [0.4, 0.5) is 4.48 Å². The highest BCUT2D eigenvalue weighted by molar-refractivity contribution is 7.90. The van der Waals surface area contributed by atoms with Crippen LogP contribution in [-0.2, 0) is 10.0 Å². The number of hydrogen-bond acceptors (Lipinski definition) is 2. The maximum atomic E-state index is 11.2. The van der Waals surface area contributed by atoms with Gasteiger partial charge in [0.15, 0.2) is 0 Å². The molecular formula is C3H6FNO2S. The van der Waals surface area contributed by atoms with Gasteiger partial charge in [-0.2, -0.15) is 0 Å². The van der Waals surface area contributed by atoms with Crippen LogP contribution in [0.15, 0.2) is 0 Å². The van der Waals surface area contributed by atoms with Crippen molar-refractivity contribution in [3.05, 3.63) is 0 Å². The molecule has 0 unspecified atom stereocenters. The van der Waals surface area contributed by atoms with Crippen LogP contribution in [0.3, 0.4) is 0 Å². The largest absolute Gasteiger partial charge is 0.240 e. The first-order valence-corrected chi connectivity index (χ1v) is 3.82. The Morgan fingerprint density at radius 1 is 1.50 bits per heavy atom. The van der Waals surface area contributed by atoms with E-state index in [1.165, 1.54) is 0 Å². The Balaban J connectivity index is 2.65. The van der Waals surface area contributed by atoms with Gasteiger partial charge in [0.1, 0.15) is 0 Å². The molecule has 8 heavy (non-hydrogen) atoms. The van der Waals surface area contributed by atoms with E-state index in [1.807, 2.05) is 0 Å². The predicted octanol–water partition coefficient (Wildman–Crippen LogP) is -0.0473. The molecule has 0 radical (unpaired) electrons. The third-order valence-corrected chi connectivity index (χ3v) is 2.63. The van der Waals surface area contributed by atoms with Gasteiger partial charge >= 0.3 is 0 Å². The van der Waals surface area contributed by atoms with E-state index in [4.69, 9.17) is 0 Å². The fourth-order valence-electron chi connectivity index (χ4n) is 0.441. The smallest absolute Gasteiger partial charge is 0.210 e. The number of sulfonamides is 1. The molecule has 0 amide bonds. The van der Waals surface area contributed by atoms with Crippen LogP contribution in [-0.4, -0.2) is 13.7 Å². The number of rotatable bonds is 2. The normalized spacial score (nSPS) is 21.1. The van der Waals surface area contributed by atoms with Gasteiger partial charge in [-0.3, -0.25) is 0 Å². The summed E-state index contributed by atoms with van der Waals surface area (Å²) >= 11 is 0. The van der Waals surface area contributed by atoms with Crippen molar-refractivity contribution in [1.29, 1.82) is 0 Å². The third-order valence-electron chi connectivity index (χ3n) is 1.07. The molecule has 0 aromatic carbocycles. The lowest BCUT2D eigenvalue weighted by Crippen LogP contribution is -2.18. The summed E-state index contributed by atoms with van der Waals surface area (Å²) in [5.74, 6) is 0. The van der Waals surface area contributed by atoms with Gasteiger partial charge in [-0.05, 0) is 12.8 Å². The first-order valence-electron chi connectivity index (χ1n) is 2.28. The van der Waals surface area contributed by atoms with Crippen molar-refractivity contribution in [2.24, 2.45) is 0 Å². The molecule has 1 fully saturated rings. The maximum Gasteiger partial charge on any atom is 0.240 e. The van der Waals surface area contributed by atoms with E-state index >= 15 is 0 Å². The number of halogens is 1. The van der Waals surface area contributed by atoms with Crippen molar-refractivity contribution < 1.29 is 12.9 Å². The predicted molar refractivity (Wildman–Crippen MR) is 26.2 cm³/mol. The fourth-order valence-corrected chi connectivity index (χ4v) is 1.32. The zero-order valence-electron chi connectivity index (χ0n) is 4.09. The summed E-state index contributed by atoms with van der Waals surface area (Å²) in [4.78, 5) is 0.775. The first kappa shape index (κ1) is 5.97. The van der Waals surface area contributed by atoms with Gasteiger partial charge in [0.05, 0.1) is 5.25 Å². The molecule has 5 heteroatoms. The van der Waals surface area contributed by atoms with Gasteiger partial charge in [-0.15, -0.1) is 4.48 Å². The summed E-state index contributed by atoms with van der Waals surface area (Å²) in [5.41, 5.74) is 0. The summed E-state index contributed by atoms with van der Waals surface area (Å²) in [7, 11) is -3.54. The monoisotopic (exact) mass is 139 g/mol. The molecule has 0 bridgehead atoms. The lowest BCUT2D eigenvalue weighted by Gasteiger charge is -1.90. The zero-order valence-corrected chi connectivity index (χ0v) is 4.91. The highest BCUT2D eigenvalue weighted by Crippen LogP contribution is 2.27. The van der Waals surface area contributed by atoms with Gasteiger partial charge in [0.2, 0.25) is 10.0 Å². The minimum atomic E-state index is -3.54. The standard InChI is InChI=1S/C3H6FNO2S/c4-5-8(6,7)3-1-2-3/h3,5H,1-2H2.